The number of hydrogen-bond acceptors (Lipinski definition) is 6. The zero-order valence-electron chi connectivity index (χ0n) is 22.6. The fourth-order valence-corrected chi connectivity index (χ4v) is 4.77. The number of aryl methyl sites for hydroxylation is 1. The van der Waals surface area contributed by atoms with Crippen LogP contribution in [0.3, 0.4) is 0 Å². The lowest BCUT2D eigenvalue weighted by molar-refractivity contribution is -0.131. The molecule has 0 aliphatic heterocycles. The fraction of sp³-hybridized carbons (Fsp3) is 0.182. The molecule has 4 aromatic carbocycles. The highest BCUT2D eigenvalue weighted by Gasteiger charge is 2.25. The Morgan fingerprint density at radius 1 is 0.850 bits per heavy atom. The topological polar surface area (TPSA) is 87.5 Å². The molecular formula is C33H32N4O3. The number of carbonyl (C=O) groups is 1. The number of rotatable bonds is 10. The number of amides is 1. The van der Waals surface area contributed by atoms with Crippen molar-refractivity contribution >= 4 is 28.5 Å². The second-order valence-electron chi connectivity index (χ2n) is 9.84. The highest BCUT2D eigenvalue weighted by molar-refractivity contribution is 5.87. The van der Waals surface area contributed by atoms with E-state index in [2.05, 4.69) is 15.6 Å². The van der Waals surface area contributed by atoms with E-state index in [0.29, 0.717) is 30.4 Å². The summed E-state index contributed by atoms with van der Waals surface area (Å²) in [6.07, 6.45) is 0.406. The molecule has 0 spiro atoms. The highest BCUT2D eigenvalue weighted by Crippen LogP contribution is 2.24. The maximum atomic E-state index is 13.6. The van der Waals surface area contributed by atoms with Crippen molar-refractivity contribution < 1.29 is 9.21 Å². The van der Waals surface area contributed by atoms with Gasteiger partial charge in [-0.05, 0) is 41.3 Å². The van der Waals surface area contributed by atoms with Gasteiger partial charge in [-0.15, -0.1) is 0 Å². The van der Waals surface area contributed by atoms with Gasteiger partial charge in [-0.3, -0.25) is 4.79 Å². The Hall–Kier alpha value is -4.91. The minimum absolute atomic E-state index is 0.0179. The van der Waals surface area contributed by atoms with E-state index in [9.17, 15) is 9.59 Å². The number of carbonyl (C=O) groups excluding carboxylic acids is 1. The van der Waals surface area contributed by atoms with Crippen molar-refractivity contribution in [2.45, 2.75) is 32.5 Å². The molecule has 5 aromatic rings. The molecule has 40 heavy (non-hydrogen) atoms. The normalized spacial score (nSPS) is 11.7. The Balaban J connectivity index is 1.39. The number of benzene rings is 4. The van der Waals surface area contributed by atoms with Gasteiger partial charge in [0.15, 0.2) is 0 Å². The zero-order chi connectivity index (χ0) is 27.9. The van der Waals surface area contributed by atoms with Crippen LogP contribution in [0.25, 0.3) is 10.9 Å². The minimum atomic E-state index is -0.683. The molecule has 1 heterocycles. The van der Waals surface area contributed by atoms with Crippen LogP contribution in [0.1, 0.15) is 22.3 Å². The summed E-state index contributed by atoms with van der Waals surface area (Å²) in [6, 6.07) is 32.7. The van der Waals surface area contributed by atoms with E-state index in [1.807, 2.05) is 104 Å². The van der Waals surface area contributed by atoms with Crippen molar-refractivity contribution in [3.05, 3.63) is 136 Å². The van der Waals surface area contributed by atoms with Crippen LogP contribution < -0.4 is 16.3 Å². The molecule has 0 saturated carbocycles. The zero-order valence-corrected chi connectivity index (χ0v) is 22.6. The Labute approximate surface area is 233 Å². The van der Waals surface area contributed by atoms with Gasteiger partial charge in [0.25, 0.3) is 6.01 Å². The van der Waals surface area contributed by atoms with Crippen LogP contribution in [0, 0.1) is 6.92 Å². The number of likely N-dealkylation sites (N-methyl/N-ethyl adjacent to an activating group) is 1. The van der Waals surface area contributed by atoms with Gasteiger partial charge in [0, 0.05) is 32.2 Å². The monoisotopic (exact) mass is 532 g/mol. The highest BCUT2D eigenvalue weighted by atomic mass is 16.4. The molecular weight excluding hydrogens is 500 g/mol. The summed E-state index contributed by atoms with van der Waals surface area (Å²) in [7, 11) is 1.77. The fourth-order valence-electron chi connectivity index (χ4n) is 4.77. The van der Waals surface area contributed by atoms with E-state index in [0.717, 1.165) is 27.9 Å². The molecule has 202 valence electrons. The summed E-state index contributed by atoms with van der Waals surface area (Å²) >= 11 is 0. The van der Waals surface area contributed by atoms with Crippen LogP contribution in [0.5, 0.6) is 0 Å². The largest absolute Gasteiger partial charge is 0.389 e. The van der Waals surface area contributed by atoms with Gasteiger partial charge in [0.1, 0.15) is 6.04 Å². The van der Waals surface area contributed by atoms with Crippen LogP contribution in [0.4, 0.5) is 11.7 Å². The van der Waals surface area contributed by atoms with E-state index < -0.39 is 11.7 Å². The number of hydrogen-bond donors (Lipinski definition) is 2. The molecule has 2 N–H and O–H groups in total. The molecule has 0 aliphatic rings. The third-order valence-corrected chi connectivity index (χ3v) is 6.90. The Morgan fingerprint density at radius 2 is 1.45 bits per heavy atom. The molecule has 0 unspecified atom stereocenters. The number of fused-ring (bicyclic) bond motifs is 1. The molecule has 1 aromatic heterocycles. The standard InChI is InChI=1S/C33H32N4O3/c1-23-27(34-21-25-14-8-4-9-15-25)18-19-28-30(23)32(39)40-33(35-28)36-29(20-24-12-6-3-7-13-24)31(38)37(2)22-26-16-10-5-11-17-26/h3-19,29,34H,20-22H2,1-2H3,(H,35,36)/t29-/m0/s1. The van der Waals surface area contributed by atoms with E-state index in [4.69, 9.17) is 4.42 Å². The molecule has 0 radical (unpaired) electrons. The molecule has 0 fully saturated rings. The summed E-state index contributed by atoms with van der Waals surface area (Å²) in [4.78, 5) is 33.0. The summed E-state index contributed by atoms with van der Waals surface area (Å²) in [6.45, 7) is 2.96. The van der Waals surface area contributed by atoms with Crippen molar-refractivity contribution in [1.82, 2.24) is 9.88 Å². The van der Waals surface area contributed by atoms with Crippen LogP contribution in [0.2, 0.25) is 0 Å². The van der Waals surface area contributed by atoms with E-state index in [1.165, 1.54) is 0 Å². The van der Waals surface area contributed by atoms with Crippen LogP contribution >= 0.6 is 0 Å². The number of aromatic nitrogens is 1. The quantitative estimate of drug-likeness (QED) is 0.237. The molecule has 1 amide bonds. The first-order valence-electron chi connectivity index (χ1n) is 13.3. The van der Waals surface area contributed by atoms with Gasteiger partial charge in [-0.1, -0.05) is 91.0 Å². The number of anilines is 2. The molecule has 1 atom stereocenters. The van der Waals surface area contributed by atoms with Crippen molar-refractivity contribution in [2.75, 3.05) is 17.7 Å². The molecule has 0 bridgehead atoms. The van der Waals surface area contributed by atoms with Crippen molar-refractivity contribution in [1.29, 1.82) is 0 Å². The Kier molecular flexibility index (Phi) is 8.21. The summed E-state index contributed by atoms with van der Waals surface area (Å²) in [5, 5.41) is 6.93. The van der Waals surface area contributed by atoms with Crippen LogP contribution in [0.15, 0.2) is 112 Å². The summed E-state index contributed by atoms with van der Waals surface area (Å²) < 4.78 is 5.63. The van der Waals surface area contributed by atoms with Crippen LogP contribution in [-0.2, 0) is 24.3 Å². The van der Waals surface area contributed by atoms with Crippen molar-refractivity contribution in [2.24, 2.45) is 0 Å². The lowest BCUT2D eigenvalue weighted by Gasteiger charge is -2.25. The van der Waals surface area contributed by atoms with E-state index in [1.54, 1.807) is 18.0 Å². The van der Waals surface area contributed by atoms with E-state index in [-0.39, 0.29) is 11.9 Å². The summed E-state index contributed by atoms with van der Waals surface area (Å²) in [5.41, 5.74) is 4.75. The van der Waals surface area contributed by atoms with Gasteiger partial charge in [0.05, 0.1) is 10.9 Å². The maximum Gasteiger partial charge on any atom is 0.348 e. The maximum absolute atomic E-state index is 13.6. The van der Waals surface area contributed by atoms with E-state index >= 15 is 0 Å². The molecule has 7 nitrogen and oxygen atoms in total. The minimum Gasteiger partial charge on any atom is -0.389 e. The lowest BCUT2D eigenvalue weighted by Crippen LogP contribution is -2.42. The predicted octanol–water partition coefficient (Wildman–Crippen LogP) is 5.79. The van der Waals surface area contributed by atoms with Gasteiger partial charge < -0.3 is 20.0 Å². The van der Waals surface area contributed by atoms with Gasteiger partial charge in [-0.25, -0.2) is 4.79 Å². The predicted molar refractivity (Wildman–Crippen MR) is 159 cm³/mol. The van der Waals surface area contributed by atoms with Crippen LogP contribution in [-0.4, -0.2) is 28.9 Å². The molecule has 5 rings (SSSR count). The average Bonchev–Trinajstić information content (AvgIpc) is 2.97. The van der Waals surface area contributed by atoms with Crippen molar-refractivity contribution in [3.63, 3.8) is 0 Å². The second kappa shape index (κ2) is 12.3. The molecule has 0 saturated heterocycles. The van der Waals surface area contributed by atoms with Crippen molar-refractivity contribution in [3.8, 4) is 0 Å². The Morgan fingerprint density at radius 3 is 2.10 bits per heavy atom. The first kappa shape index (κ1) is 26.7. The lowest BCUT2D eigenvalue weighted by atomic mass is 10.0. The number of nitrogens with zero attached hydrogens (tertiary/aromatic N) is 2. The smallest absolute Gasteiger partial charge is 0.348 e. The second-order valence-corrected chi connectivity index (χ2v) is 9.84. The van der Waals surface area contributed by atoms with Gasteiger partial charge in [0.2, 0.25) is 5.91 Å². The van der Waals surface area contributed by atoms with Gasteiger partial charge in [-0.2, -0.15) is 4.98 Å². The first-order valence-corrected chi connectivity index (χ1v) is 13.3. The van der Waals surface area contributed by atoms with Gasteiger partial charge >= 0.3 is 5.63 Å². The first-order chi connectivity index (χ1) is 19.5. The third-order valence-electron chi connectivity index (χ3n) is 6.90. The SMILES string of the molecule is Cc1c(NCc2ccccc2)ccc2nc(N[C@@H](Cc3ccccc3)C(=O)N(C)Cc3ccccc3)oc(=O)c12. The Bertz CT molecular complexity index is 1640. The average molecular weight is 533 g/mol. The molecule has 7 heteroatoms. The third kappa shape index (κ3) is 6.38. The number of nitrogens with one attached hydrogen (secondary N) is 2. The molecule has 0 aliphatic carbocycles. The summed E-state index contributed by atoms with van der Waals surface area (Å²) in [5.74, 6) is -0.131.